The molecule has 0 aromatic rings. The summed E-state index contributed by atoms with van der Waals surface area (Å²) in [6.07, 6.45) is -4.54. The van der Waals surface area contributed by atoms with Crippen LogP contribution in [0.2, 0.25) is 0 Å². The number of unbranched alkanes of at least 4 members (excludes halogenated alkanes) is 2. The third-order valence-electron chi connectivity index (χ3n) is 2.13. The Labute approximate surface area is 114 Å². The monoisotopic (exact) mass is 392 g/mol. The van der Waals surface area contributed by atoms with Crippen LogP contribution in [0.15, 0.2) is 9.66 Å². The van der Waals surface area contributed by atoms with Gasteiger partial charge in [-0.2, -0.15) is 30.7 Å². The quantitative estimate of drug-likeness (QED) is 0.308. The molecule has 0 aliphatic rings. The van der Waals surface area contributed by atoms with Crippen molar-refractivity contribution in [1.29, 1.82) is 0 Å². The lowest BCUT2D eigenvalue weighted by Crippen LogP contribution is -2.50. The largest absolute Gasteiger partial charge is 0.460 e. The average Bonchev–Trinajstić information content (AvgIpc) is 2.15. The Balaban J connectivity index is 4.88. The molecule has 0 amide bonds. The summed E-state index contributed by atoms with van der Waals surface area (Å²) in [5, 5.41) is 0. The van der Waals surface area contributed by atoms with Crippen LogP contribution >= 0.6 is 22.6 Å². The molecule has 8 heteroatoms. The molecule has 0 heterocycles. The van der Waals surface area contributed by atoms with Crippen molar-refractivity contribution >= 4 is 22.6 Å². The predicted octanol–water partition coefficient (Wildman–Crippen LogP) is 5.72. The summed E-state index contributed by atoms with van der Waals surface area (Å²) in [5.74, 6) is -11.3. The third kappa shape index (κ3) is 4.58. The van der Waals surface area contributed by atoms with Gasteiger partial charge in [0.2, 0.25) is 0 Å². The van der Waals surface area contributed by atoms with E-state index in [0.717, 1.165) is 6.42 Å². The lowest BCUT2D eigenvalue weighted by molar-refractivity contribution is -0.341. The van der Waals surface area contributed by atoms with Crippen LogP contribution in [0.3, 0.4) is 0 Å². The highest BCUT2D eigenvalue weighted by atomic mass is 127. The molecule has 0 bridgehead atoms. The van der Waals surface area contributed by atoms with Crippen molar-refractivity contribution in [2.24, 2.45) is 0 Å². The van der Waals surface area contributed by atoms with E-state index in [4.69, 9.17) is 0 Å². The summed E-state index contributed by atoms with van der Waals surface area (Å²) in [7, 11) is 0. The lowest BCUT2D eigenvalue weighted by atomic mass is 10.1. The molecule has 0 aliphatic heterocycles. The fourth-order valence-corrected chi connectivity index (χ4v) is 1.86. The minimum Gasteiger partial charge on any atom is -0.195 e. The van der Waals surface area contributed by atoms with Crippen LogP contribution in [0, 0.1) is 0 Å². The lowest BCUT2D eigenvalue weighted by Gasteiger charge is -2.26. The molecule has 0 unspecified atom stereocenters. The second-order valence-corrected chi connectivity index (χ2v) is 5.13. The molecular formula is C10H12F7I. The summed E-state index contributed by atoms with van der Waals surface area (Å²) in [5.41, 5.74) is 0. The van der Waals surface area contributed by atoms with Crippen molar-refractivity contribution in [3.05, 3.63) is 9.66 Å². The van der Waals surface area contributed by atoms with E-state index in [9.17, 15) is 30.7 Å². The van der Waals surface area contributed by atoms with Gasteiger partial charge in [-0.3, -0.25) is 0 Å². The summed E-state index contributed by atoms with van der Waals surface area (Å²) in [4.78, 5) is 0. The van der Waals surface area contributed by atoms with Crippen LogP contribution < -0.4 is 0 Å². The first-order chi connectivity index (χ1) is 7.95. The SMILES string of the molecule is CCCCC/C(I)=C/C(F)(F)C(F)(F)C(F)(F)F. The molecule has 0 radical (unpaired) electrons. The van der Waals surface area contributed by atoms with E-state index in [1.807, 2.05) is 6.92 Å². The van der Waals surface area contributed by atoms with Gasteiger partial charge in [0, 0.05) is 6.08 Å². The first-order valence-electron chi connectivity index (χ1n) is 5.15. The van der Waals surface area contributed by atoms with Crippen LogP contribution in [0.1, 0.15) is 32.6 Å². The molecule has 0 rings (SSSR count). The van der Waals surface area contributed by atoms with Crippen LogP contribution in [0.4, 0.5) is 30.7 Å². The molecule has 108 valence electrons. The topological polar surface area (TPSA) is 0 Å². The Morgan fingerprint density at radius 3 is 1.89 bits per heavy atom. The zero-order valence-corrected chi connectivity index (χ0v) is 11.6. The number of alkyl halides is 7. The van der Waals surface area contributed by atoms with E-state index in [-0.39, 0.29) is 16.1 Å². The molecule has 0 N–H and O–H groups in total. The van der Waals surface area contributed by atoms with E-state index >= 15 is 0 Å². The first kappa shape index (κ1) is 18.0. The second kappa shape index (κ2) is 6.42. The molecule has 0 atom stereocenters. The third-order valence-corrected chi connectivity index (χ3v) is 2.98. The number of allylic oxidation sites excluding steroid dienone is 2. The van der Waals surface area contributed by atoms with Crippen LogP contribution in [-0.2, 0) is 0 Å². The van der Waals surface area contributed by atoms with Crippen LogP contribution in [-0.4, -0.2) is 18.0 Å². The minimum atomic E-state index is -6.27. The highest BCUT2D eigenvalue weighted by Crippen LogP contribution is 2.48. The Hall–Kier alpha value is -0.0200. The normalized spacial score (nSPS) is 15.1. The fourth-order valence-electron chi connectivity index (χ4n) is 1.09. The molecule has 0 nitrogen and oxygen atoms in total. The highest BCUT2D eigenvalue weighted by molar-refractivity contribution is 14.1. The number of halogens is 8. The number of hydrogen-bond acceptors (Lipinski definition) is 0. The number of hydrogen-bond donors (Lipinski definition) is 0. The van der Waals surface area contributed by atoms with E-state index in [0.29, 0.717) is 12.8 Å². The molecule has 0 aromatic carbocycles. The van der Waals surface area contributed by atoms with E-state index in [1.165, 1.54) is 22.6 Å². The van der Waals surface area contributed by atoms with Crippen molar-refractivity contribution in [2.75, 3.05) is 0 Å². The fraction of sp³-hybridized carbons (Fsp3) is 0.800. The minimum absolute atomic E-state index is 0.0674. The maximum Gasteiger partial charge on any atom is 0.460 e. The molecule has 0 aliphatic carbocycles. The smallest absolute Gasteiger partial charge is 0.195 e. The molecule has 0 saturated heterocycles. The Morgan fingerprint density at radius 2 is 1.50 bits per heavy atom. The van der Waals surface area contributed by atoms with Crippen molar-refractivity contribution < 1.29 is 30.7 Å². The molecule has 0 spiro atoms. The van der Waals surface area contributed by atoms with Gasteiger partial charge in [-0.1, -0.05) is 19.8 Å². The Bertz CT molecular complexity index is 293. The zero-order chi connectivity index (χ0) is 14.6. The van der Waals surface area contributed by atoms with Gasteiger partial charge in [0.05, 0.1) is 0 Å². The first-order valence-corrected chi connectivity index (χ1v) is 6.23. The van der Waals surface area contributed by atoms with Gasteiger partial charge in [0.15, 0.2) is 0 Å². The van der Waals surface area contributed by atoms with Gasteiger partial charge in [-0.25, -0.2) is 0 Å². The summed E-state index contributed by atoms with van der Waals surface area (Å²) >= 11 is 1.36. The predicted molar refractivity (Wildman–Crippen MR) is 62.2 cm³/mol. The Kier molecular flexibility index (Phi) is 6.42. The van der Waals surface area contributed by atoms with Crippen molar-refractivity contribution in [2.45, 2.75) is 50.6 Å². The second-order valence-electron chi connectivity index (χ2n) is 3.74. The summed E-state index contributed by atoms with van der Waals surface area (Å²) in [6, 6.07) is 0. The van der Waals surface area contributed by atoms with E-state index in [2.05, 4.69) is 0 Å². The standard InChI is InChI=1S/C10H12F7I/c1-2-3-4-5-7(18)6-8(11,12)9(13,14)10(15,16)17/h6H,2-5H2,1H3/b7-6-. The summed E-state index contributed by atoms with van der Waals surface area (Å²) in [6.45, 7) is 1.85. The van der Waals surface area contributed by atoms with E-state index in [1.54, 1.807) is 0 Å². The van der Waals surface area contributed by atoms with E-state index < -0.39 is 18.0 Å². The van der Waals surface area contributed by atoms with Gasteiger partial charge in [-0.15, -0.1) is 0 Å². The van der Waals surface area contributed by atoms with Gasteiger partial charge in [0.25, 0.3) is 0 Å². The highest BCUT2D eigenvalue weighted by Gasteiger charge is 2.72. The average molecular weight is 392 g/mol. The van der Waals surface area contributed by atoms with Crippen molar-refractivity contribution in [3.8, 4) is 0 Å². The van der Waals surface area contributed by atoms with Gasteiger partial charge in [0.1, 0.15) is 0 Å². The van der Waals surface area contributed by atoms with Crippen molar-refractivity contribution in [3.63, 3.8) is 0 Å². The summed E-state index contributed by atoms with van der Waals surface area (Å²) < 4.78 is 86.2. The van der Waals surface area contributed by atoms with Gasteiger partial charge >= 0.3 is 18.0 Å². The molecular weight excluding hydrogens is 380 g/mol. The zero-order valence-electron chi connectivity index (χ0n) is 9.43. The van der Waals surface area contributed by atoms with Gasteiger partial charge < -0.3 is 0 Å². The van der Waals surface area contributed by atoms with Crippen molar-refractivity contribution in [1.82, 2.24) is 0 Å². The molecule has 0 fully saturated rings. The van der Waals surface area contributed by atoms with Gasteiger partial charge in [-0.05, 0) is 39.0 Å². The molecule has 0 saturated carbocycles. The number of rotatable bonds is 6. The maximum atomic E-state index is 12.9. The van der Waals surface area contributed by atoms with Crippen LogP contribution in [0.5, 0.6) is 0 Å². The molecule has 0 aromatic heterocycles. The Morgan fingerprint density at radius 1 is 1.00 bits per heavy atom. The maximum absolute atomic E-state index is 12.9. The molecule has 18 heavy (non-hydrogen) atoms. The van der Waals surface area contributed by atoms with Crippen LogP contribution in [0.25, 0.3) is 0 Å².